The Hall–Kier alpha value is -2.53. The van der Waals surface area contributed by atoms with Crippen LogP contribution in [0.15, 0.2) is 47.6 Å². The molecule has 2 aromatic rings. The fraction of sp³-hybridized carbons (Fsp3) is 0.176. The number of carbonyl (C=O) groups excluding carboxylic acids is 1. The van der Waals surface area contributed by atoms with Gasteiger partial charge in [0.1, 0.15) is 0 Å². The average molecular weight is 331 g/mol. The first-order chi connectivity index (χ1) is 11.0. The Kier molecular flexibility index (Phi) is 5.60. The fourth-order valence-corrected chi connectivity index (χ4v) is 2.22. The predicted molar refractivity (Wildman–Crippen MR) is 93.6 cm³/mol. The van der Waals surface area contributed by atoms with Crippen molar-refractivity contribution in [2.45, 2.75) is 13.5 Å². The largest absolute Gasteiger partial charge is 0.382 e. The van der Waals surface area contributed by atoms with Crippen molar-refractivity contribution in [1.82, 2.24) is 10.7 Å². The van der Waals surface area contributed by atoms with E-state index in [9.17, 15) is 4.79 Å². The molecule has 2 aromatic carbocycles. The number of nitrogens with one attached hydrogen (secondary N) is 2. The molecule has 0 spiro atoms. The maximum Gasteiger partial charge on any atom is 0.251 e. The summed E-state index contributed by atoms with van der Waals surface area (Å²) in [5.74, 6) is 0.159. The van der Waals surface area contributed by atoms with Crippen molar-refractivity contribution in [2.75, 3.05) is 7.05 Å². The second-order valence-corrected chi connectivity index (χ2v) is 5.47. The summed E-state index contributed by atoms with van der Waals surface area (Å²) in [5.41, 5.74) is 11.6. The molecule has 5 nitrogen and oxygen atoms in total. The Morgan fingerprint density at radius 2 is 1.96 bits per heavy atom. The summed E-state index contributed by atoms with van der Waals surface area (Å²) in [6, 6.07) is 12.7. The number of benzene rings is 2. The predicted octanol–water partition coefficient (Wildman–Crippen LogP) is 2.42. The van der Waals surface area contributed by atoms with Crippen LogP contribution in [0.5, 0.6) is 0 Å². The monoisotopic (exact) mass is 330 g/mol. The lowest BCUT2D eigenvalue weighted by Crippen LogP contribution is -2.24. The van der Waals surface area contributed by atoms with Gasteiger partial charge in [0.05, 0.1) is 0 Å². The van der Waals surface area contributed by atoms with Gasteiger partial charge in [-0.05, 0) is 36.2 Å². The molecule has 0 fully saturated rings. The Morgan fingerprint density at radius 3 is 2.65 bits per heavy atom. The van der Waals surface area contributed by atoms with Gasteiger partial charge < -0.3 is 16.5 Å². The first-order valence-corrected chi connectivity index (χ1v) is 7.52. The molecular weight excluding hydrogens is 312 g/mol. The molecule has 0 aliphatic carbocycles. The highest BCUT2D eigenvalue weighted by molar-refractivity contribution is 6.31. The number of hydrogen-bond donors (Lipinski definition) is 3. The van der Waals surface area contributed by atoms with Gasteiger partial charge in [0.15, 0.2) is 5.84 Å². The fourth-order valence-electron chi connectivity index (χ4n) is 2.11. The maximum absolute atomic E-state index is 12.3. The van der Waals surface area contributed by atoms with E-state index < -0.39 is 0 Å². The van der Waals surface area contributed by atoms with Crippen molar-refractivity contribution in [3.8, 4) is 0 Å². The molecule has 0 saturated heterocycles. The molecule has 0 unspecified atom stereocenters. The zero-order valence-electron chi connectivity index (χ0n) is 13.1. The van der Waals surface area contributed by atoms with Gasteiger partial charge in [-0.2, -0.15) is 5.10 Å². The summed E-state index contributed by atoms with van der Waals surface area (Å²) in [7, 11) is 1.66. The van der Waals surface area contributed by atoms with Crippen LogP contribution in [0.2, 0.25) is 5.02 Å². The molecule has 0 heterocycles. The number of hydrazone groups is 1. The number of amides is 1. The smallest absolute Gasteiger partial charge is 0.251 e. The summed E-state index contributed by atoms with van der Waals surface area (Å²) in [5, 5.41) is 7.50. The molecule has 4 N–H and O–H groups in total. The van der Waals surface area contributed by atoms with Crippen molar-refractivity contribution in [3.63, 3.8) is 0 Å². The number of aryl methyl sites for hydroxylation is 1. The molecule has 0 saturated carbocycles. The van der Waals surface area contributed by atoms with E-state index in [4.69, 9.17) is 17.3 Å². The van der Waals surface area contributed by atoms with Crippen LogP contribution in [0.25, 0.3) is 0 Å². The number of nitrogens with zero attached hydrogens (tertiary/aromatic N) is 1. The minimum Gasteiger partial charge on any atom is -0.382 e. The maximum atomic E-state index is 12.3. The number of hydrogen-bond acceptors (Lipinski definition) is 3. The average Bonchev–Trinajstić information content (AvgIpc) is 2.56. The highest BCUT2D eigenvalue weighted by atomic mass is 35.5. The van der Waals surface area contributed by atoms with E-state index in [1.54, 1.807) is 31.3 Å². The molecular formula is C17H19ClN4O. The lowest BCUT2D eigenvalue weighted by atomic mass is 10.1. The Morgan fingerprint density at radius 1 is 1.22 bits per heavy atom. The van der Waals surface area contributed by atoms with Crippen LogP contribution in [0.3, 0.4) is 0 Å². The third kappa shape index (κ3) is 4.47. The van der Waals surface area contributed by atoms with Gasteiger partial charge >= 0.3 is 0 Å². The lowest BCUT2D eigenvalue weighted by Gasteiger charge is -2.08. The highest BCUT2D eigenvalue weighted by Gasteiger charge is 2.08. The Balaban J connectivity index is 2.07. The summed E-state index contributed by atoms with van der Waals surface area (Å²) in [4.78, 5) is 12.3. The van der Waals surface area contributed by atoms with E-state index in [1.165, 1.54) is 0 Å². The summed E-state index contributed by atoms with van der Waals surface area (Å²) in [6.07, 6.45) is 0. The van der Waals surface area contributed by atoms with E-state index in [-0.39, 0.29) is 5.91 Å². The third-order valence-electron chi connectivity index (χ3n) is 3.33. The molecule has 120 valence electrons. The van der Waals surface area contributed by atoms with Gasteiger partial charge in [0.2, 0.25) is 0 Å². The normalized spacial score (nSPS) is 11.2. The molecule has 0 bridgehead atoms. The first-order valence-electron chi connectivity index (χ1n) is 7.15. The molecule has 1 amide bonds. The minimum atomic E-state index is -0.170. The number of amidine groups is 1. The van der Waals surface area contributed by atoms with Crippen molar-refractivity contribution >= 4 is 23.3 Å². The topological polar surface area (TPSA) is 79.5 Å². The molecule has 6 heteroatoms. The van der Waals surface area contributed by atoms with Crippen LogP contribution in [0.1, 0.15) is 27.0 Å². The molecule has 0 atom stereocenters. The van der Waals surface area contributed by atoms with E-state index >= 15 is 0 Å². The summed E-state index contributed by atoms with van der Waals surface area (Å²) < 4.78 is 0. The number of carbonyl (C=O) groups is 1. The van der Waals surface area contributed by atoms with Gasteiger partial charge in [-0.25, -0.2) is 0 Å². The van der Waals surface area contributed by atoms with Gasteiger partial charge in [-0.1, -0.05) is 35.9 Å². The zero-order chi connectivity index (χ0) is 16.8. The molecule has 0 radical (unpaired) electrons. The minimum absolute atomic E-state index is 0.170. The van der Waals surface area contributed by atoms with Crippen LogP contribution in [0, 0.1) is 6.92 Å². The van der Waals surface area contributed by atoms with Crippen LogP contribution < -0.4 is 16.5 Å². The van der Waals surface area contributed by atoms with Crippen molar-refractivity contribution < 1.29 is 4.79 Å². The molecule has 2 rings (SSSR count). The SMILES string of the molecule is CN/N=C(/N)c1cccc(C(=O)NCc2ccc(Cl)c(C)c2)c1. The lowest BCUT2D eigenvalue weighted by molar-refractivity contribution is 0.0951. The highest BCUT2D eigenvalue weighted by Crippen LogP contribution is 2.16. The number of halogens is 1. The van der Waals surface area contributed by atoms with E-state index in [2.05, 4.69) is 15.8 Å². The van der Waals surface area contributed by atoms with Crippen LogP contribution in [0.4, 0.5) is 0 Å². The van der Waals surface area contributed by atoms with Crippen molar-refractivity contribution in [1.29, 1.82) is 0 Å². The van der Waals surface area contributed by atoms with Gasteiger partial charge in [-0.15, -0.1) is 0 Å². The van der Waals surface area contributed by atoms with Gasteiger partial charge in [-0.3, -0.25) is 4.79 Å². The second kappa shape index (κ2) is 7.65. The third-order valence-corrected chi connectivity index (χ3v) is 3.75. The molecule has 23 heavy (non-hydrogen) atoms. The molecule has 0 aliphatic heterocycles. The summed E-state index contributed by atoms with van der Waals surface area (Å²) in [6.45, 7) is 2.36. The Bertz CT molecular complexity index is 743. The molecule has 0 aliphatic rings. The summed E-state index contributed by atoms with van der Waals surface area (Å²) >= 11 is 6.00. The van der Waals surface area contributed by atoms with Crippen molar-refractivity contribution in [2.24, 2.45) is 10.8 Å². The standard InChI is InChI=1S/C17H19ClN4O/c1-11-8-12(6-7-15(11)18)10-21-17(23)14-5-3-4-13(9-14)16(19)22-20-2/h3-9,20H,10H2,1-2H3,(H2,19,22)(H,21,23). The second-order valence-electron chi connectivity index (χ2n) is 5.07. The molecule has 0 aromatic heterocycles. The van der Waals surface area contributed by atoms with Crippen LogP contribution in [-0.4, -0.2) is 18.8 Å². The quantitative estimate of drug-likeness (QED) is 0.447. The number of rotatable bonds is 5. The van der Waals surface area contributed by atoms with Gasteiger partial charge in [0.25, 0.3) is 5.91 Å². The Labute approximate surface area is 140 Å². The first kappa shape index (κ1) is 16.8. The van der Waals surface area contributed by atoms with Gasteiger partial charge in [0, 0.05) is 29.7 Å². The zero-order valence-corrected chi connectivity index (χ0v) is 13.8. The van der Waals surface area contributed by atoms with E-state index in [1.807, 2.05) is 25.1 Å². The van der Waals surface area contributed by atoms with E-state index in [0.29, 0.717) is 28.5 Å². The van der Waals surface area contributed by atoms with Crippen LogP contribution in [-0.2, 0) is 6.54 Å². The van der Waals surface area contributed by atoms with E-state index in [0.717, 1.165) is 11.1 Å². The number of nitrogens with two attached hydrogens (primary N) is 1. The van der Waals surface area contributed by atoms with Crippen LogP contribution >= 0.6 is 11.6 Å². The van der Waals surface area contributed by atoms with Crippen molar-refractivity contribution in [3.05, 3.63) is 69.7 Å².